The predicted molar refractivity (Wildman–Crippen MR) is 79.1 cm³/mol. The topological polar surface area (TPSA) is 32.5 Å². The van der Waals surface area contributed by atoms with Gasteiger partial charge in [-0.2, -0.15) is 11.8 Å². The Labute approximate surface area is 115 Å². The minimum Gasteiger partial charge on any atom is -0.329 e. The average molecular weight is 269 g/mol. The number of rotatable bonds is 3. The third kappa shape index (κ3) is 2.45. The van der Waals surface area contributed by atoms with Crippen LogP contribution in [0, 0.1) is 0 Å². The lowest BCUT2D eigenvalue weighted by atomic mass is 9.94. The molecule has 1 saturated carbocycles. The van der Waals surface area contributed by atoms with E-state index in [1.54, 1.807) is 0 Å². The summed E-state index contributed by atoms with van der Waals surface area (Å²) in [5.74, 6) is 1.26. The minimum absolute atomic E-state index is 0.279. The molecule has 3 nitrogen and oxygen atoms in total. The van der Waals surface area contributed by atoms with E-state index in [1.807, 2.05) is 0 Å². The van der Waals surface area contributed by atoms with E-state index < -0.39 is 0 Å². The first-order chi connectivity index (χ1) is 8.55. The second-order valence-electron chi connectivity index (χ2n) is 6.91. The lowest BCUT2D eigenvalue weighted by Gasteiger charge is -2.47. The van der Waals surface area contributed by atoms with Gasteiger partial charge in [-0.05, 0) is 33.1 Å². The van der Waals surface area contributed by atoms with E-state index in [-0.39, 0.29) is 5.54 Å². The number of hydrogen-bond donors (Lipinski definition) is 1. The van der Waals surface area contributed by atoms with Gasteiger partial charge in [0.25, 0.3) is 0 Å². The van der Waals surface area contributed by atoms with E-state index in [9.17, 15) is 0 Å². The van der Waals surface area contributed by atoms with Crippen LogP contribution in [0.25, 0.3) is 0 Å². The summed E-state index contributed by atoms with van der Waals surface area (Å²) in [5, 5.41) is 0. The molecular formula is C14H27N3S. The molecule has 18 heavy (non-hydrogen) atoms. The van der Waals surface area contributed by atoms with E-state index >= 15 is 0 Å². The van der Waals surface area contributed by atoms with Gasteiger partial charge in [-0.15, -0.1) is 0 Å². The Morgan fingerprint density at radius 3 is 2.61 bits per heavy atom. The van der Waals surface area contributed by atoms with Crippen molar-refractivity contribution < 1.29 is 0 Å². The van der Waals surface area contributed by atoms with Gasteiger partial charge in [0.15, 0.2) is 0 Å². The van der Waals surface area contributed by atoms with E-state index in [2.05, 4.69) is 35.4 Å². The number of likely N-dealkylation sites (tertiary alicyclic amines) is 1. The third-order valence-corrected chi connectivity index (χ3v) is 6.20. The molecule has 3 rings (SSSR count). The molecule has 0 aromatic heterocycles. The van der Waals surface area contributed by atoms with Crippen molar-refractivity contribution in [1.29, 1.82) is 0 Å². The Morgan fingerprint density at radius 2 is 2.00 bits per heavy atom. The molecule has 1 aliphatic carbocycles. The van der Waals surface area contributed by atoms with Gasteiger partial charge >= 0.3 is 0 Å². The van der Waals surface area contributed by atoms with Crippen molar-refractivity contribution in [2.24, 2.45) is 5.73 Å². The highest BCUT2D eigenvalue weighted by molar-refractivity contribution is 8.00. The van der Waals surface area contributed by atoms with E-state index in [1.165, 1.54) is 51.2 Å². The highest BCUT2D eigenvalue weighted by Crippen LogP contribution is 2.39. The summed E-state index contributed by atoms with van der Waals surface area (Å²) in [5.41, 5.74) is 6.47. The summed E-state index contributed by atoms with van der Waals surface area (Å²) in [4.78, 5) is 5.41. The SMILES string of the molecule is CC1(C)CN(C2(CN)CCN(C3CC3)C2)CCS1. The maximum atomic E-state index is 6.20. The Morgan fingerprint density at radius 1 is 1.22 bits per heavy atom. The molecule has 2 saturated heterocycles. The molecule has 0 bridgehead atoms. The summed E-state index contributed by atoms with van der Waals surface area (Å²) < 4.78 is 0.396. The maximum absolute atomic E-state index is 6.20. The van der Waals surface area contributed by atoms with Crippen LogP contribution < -0.4 is 5.73 Å². The molecule has 1 atom stereocenters. The first kappa shape index (κ1) is 13.2. The quantitative estimate of drug-likeness (QED) is 0.839. The van der Waals surface area contributed by atoms with Crippen LogP contribution in [0.2, 0.25) is 0 Å². The molecule has 4 heteroatoms. The van der Waals surface area contributed by atoms with Crippen molar-refractivity contribution in [3.05, 3.63) is 0 Å². The fourth-order valence-electron chi connectivity index (χ4n) is 3.61. The van der Waals surface area contributed by atoms with Gasteiger partial charge in [-0.3, -0.25) is 9.80 Å². The Hall–Kier alpha value is 0.230. The average Bonchev–Trinajstić information content (AvgIpc) is 3.08. The number of thioether (sulfide) groups is 1. The molecule has 1 unspecified atom stereocenters. The Kier molecular flexibility index (Phi) is 3.42. The van der Waals surface area contributed by atoms with Gasteiger partial charge in [0, 0.05) is 54.8 Å². The zero-order valence-corrected chi connectivity index (χ0v) is 12.6. The molecule has 0 aromatic rings. The van der Waals surface area contributed by atoms with Crippen molar-refractivity contribution in [1.82, 2.24) is 9.80 Å². The monoisotopic (exact) mass is 269 g/mol. The van der Waals surface area contributed by atoms with Crippen LogP contribution in [0.4, 0.5) is 0 Å². The predicted octanol–water partition coefficient (Wildman–Crippen LogP) is 1.38. The molecule has 104 valence electrons. The third-order valence-electron chi connectivity index (χ3n) is 4.90. The molecule has 0 spiro atoms. The standard InChI is InChI=1S/C14H27N3S/c1-13(2)10-17(7-8-18-13)14(9-15)5-6-16(11-14)12-3-4-12/h12H,3-11,15H2,1-2H3. The molecule has 3 aliphatic rings. The van der Waals surface area contributed by atoms with Gasteiger partial charge < -0.3 is 5.73 Å². The summed E-state index contributed by atoms with van der Waals surface area (Å²) >= 11 is 2.12. The van der Waals surface area contributed by atoms with Crippen molar-refractivity contribution in [2.75, 3.05) is 38.5 Å². The number of hydrogen-bond acceptors (Lipinski definition) is 4. The zero-order valence-electron chi connectivity index (χ0n) is 11.8. The van der Waals surface area contributed by atoms with E-state index in [0.717, 1.165) is 12.6 Å². The van der Waals surface area contributed by atoms with Crippen LogP contribution in [0.1, 0.15) is 33.1 Å². The molecular weight excluding hydrogens is 242 g/mol. The lowest BCUT2D eigenvalue weighted by molar-refractivity contribution is 0.0920. The van der Waals surface area contributed by atoms with Crippen molar-refractivity contribution in [3.8, 4) is 0 Å². The Bertz CT molecular complexity index is 316. The first-order valence-corrected chi connectivity index (χ1v) is 8.36. The number of nitrogens with zero attached hydrogens (tertiary/aromatic N) is 2. The van der Waals surface area contributed by atoms with Crippen LogP contribution in [-0.2, 0) is 0 Å². The summed E-state index contributed by atoms with van der Waals surface area (Å²) in [6.45, 7) is 10.5. The fraction of sp³-hybridized carbons (Fsp3) is 1.00. The molecule has 2 heterocycles. The van der Waals surface area contributed by atoms with Crippen LogP contribution in [-0.4, -0.2) is 64.6 Å². The maximum Gasteiger partial charge on any atom is 0.0471 e. The highest BCUT2D eigenvalue weighted by atomic mass is 32.2. The van der Waals surface area contributed by atoms with Crippen LogP contribution >= 0.6 is 11.8 Å². The van der Waals surface area contributed by atoms with Crippen LogP contribution in [0.5, 0.6) is 0 Å². The van der Waals surface area contributed by atoms with E-state index in [4.69, 9.17) is 5.73 Å². The molecule has 2 aliphatic heterocycles. The molecule has 3 fully saturated rings. The highest BCUT2D eigenvalue weighted by Gasteiger charge is 2.47. The smallest absolute Gasteiger partial charge is 0.0471 e. The van der Waals surface area contributed by atoms with Crippen molar-refractivity contribution in [3.63, 3.8) is 0 Å². The lowest BCUT2D eigenvalue weighted by Crippen LogP contribution is -2.60. The van der Waals surface area contributed by atoms with Crippen molar-refractivity contribution in [2.45, 2.75) is 49.4 Å². The number of nitrogens with two attached hydrogens (primary N) is 1. The second kappa shape index (κ2) is 4.65. The molecule has 0 amide bonds. The fourth-order valence-corrected chi connectivity index (χ4v) is 4.73. The van der Waals surface area contributed by atoms with Gasteiger partial charge in [0.05, 0.1) is 0 Å². The van der Waals surface area contributed by atoms with Gasteiger partial charge in [0.2, 0.25) is 0 Å². The molecule has 2 N–H and O–H groups in total. The second-order valence-corrected chi connectivity index (χ2v) is 8.71. The normalized spacial score (nSPS) is 38.2. The zero-order chi connectivity index (χ0) is 12.8. The van der Waals surface area contributed by atoms with Gasteiger partial charge in [-0.25, -0.2) is 0 Å². The van der Waals surface area contributed by atoms with E-state index in [0.29, 0.717) is 4.75 Å². The van der Waals surface area contributed by atoms with Gasteiger partial charge in [-0.1, -0.05) is 0 Å². The first-order valence-electron chi connectivity index (χ1n) is 7.38. The minimum atomic E-state index is 0.279. The largest absolute Gasteiger partial charge is 0.329 e. The van der Waals surface area contributed by atoms with Crippen LogP contribution in [0.15, 0.2) is 0 Å². The Balaban J connectivity index is 1.71. The van der Waals surface area contributed by atoms with Crippen LogP contribution in [0.3, 0.4) is 0 Å². The van der Waals surface area contributed by atoms with Crippen molar-refractivity contribution >= 4 is 11.8 Å². The van der Waals surface area contributed by atoms with Gasteiger partial charge in [0.1, 0.15) is 0 Å². The molecule has 0 radical (unpaired) electrons. The summed E-state index contributed by atoms with van der Waals surface area (Å²) in [6, 6.07) is 0.894. The summed E-state index contributed by atoms with van der Waals surface area (Å²) in [6.07, 6.45) is 4.12. The summed E-state index contributed by atoms with van der Waals surface area (Å²) in [7, 11) is 0. The molecule has 0 aromatic carbocycles.